The zero-order valence-corrected chi connectivity index (χ0v) is 13.3. The van der Waals surface area contributed by atoms with E-state index in [-0.39, 0.29) is 5.82 Å². The molecule has 0 aliphatic heterocycles. The first kappa shape index (κ1) is 15.9. The topological polar surface area (TPSA) is 29.3 Å². The molecule has 0 bridgehead atoms. The van der Waals surface area contributed by atoms with E-state index < -0.39 is 0 Å². The van der Waals surface area contributed by atoms with E-state index in [2.05, 4.69) is 30.0 Å². The van der Waals surface area contributed by atoms with Crippen molar-refractivity contribution < 1.29 is 4.39 Å². The lowest BCUT2D eigenvalue weighted by Gasteiger charge is -2.24. The molecule has 0 aromatic heterocycles. The molecule has 0 saturated carbocycles. The fraction of sp³-hybridized carbons (Fsp3) is 0.294. The van der Waals surface area contributed by atoms with Crippen LogP contribution in [0.25, 0.3) is 0 Å². The zero-order valence-electron chi connectivity index (χ0n) is 12.5. The van der Waals surface area contributed by atoms with Gasteiger partial charge in [-0.3, -0.25) is 0 Å². The summed E-state index contributed by atoms with van der Waals surface area (Å²) in [4.78, 5) is 3.35. The second-order valence-electron chi connectivity index (χ2n) is 4.88. The van der Waals surface area contributed by atoms with Gasteiger partial charge < -0.3 is 10.6 Å². The van der Waals surface area contributed by atoms with E-state index in [4.69, 9.17) is 5.73 Å². The first-order valence-electron chi connectivity index (χ1n) is 7.06. The molecule has 2 aromatic carbocycles. The highest BCUT2D eigenvalue weighted by Crippen LogP contribution is 2.30. The third-order valence-electron chi connectivity index (χ3n) is 3.33. The molecule has 0 aliphatic rings. The minimum atomic E-state index is -0.199. The first-order chi connectivity index (χ1) is 10.2. The van der Waals surface area contributed by atoms with Gasteiger partial charge in [0.2, 0.25) is 0 Å². The number of nitrogens with zero attached hydrogens (tertiary/aromatic N) is 1. The van der Waals surface area contributed by atoms with Gasteiger partial charge in [-0.2, -0.15) is 0 Å². The van der Waals surface area contributed by atoms with E-state index in [1.54, 1.807) is 23.9 Å². The lowest BCUT2D eigenvalue weighted by molar-refractivity contribution is 0.625. The smallest absolute Gasteiger partial charge is 0.123 e. The van der Waals surface area contributed by atoms with Crippen molar-refractivity contribution in [3.63, 3.8) is 0 Å². The van der Waals surface area contributed by atoms with Crippen LogP contribution in [0.2, 0.25) is 0 Å². The van der Waals surface area contributed by atoms with Crippen molar-refractivity contribution in [2.45, 2.75) is 24.9 Å². The van der Waals surface area contributed by atoms with Crippen molar-refractivity contribution in [3.8, 4) is 0 Å². The van der Waals surface area contributed by atoms with Crippen molar-refractivity contribution in [2.75, 3.05) is 17.7 Å². The second-order valence-corrected chi connectivity index (χ2v) is 6.18. The van der Waals surface area contributed by atoms with E-state index in [1.165, 1.54) is 11.0 Å². The summed E-state index contributed by atoms with van der Waals surface area (Å²) in [6, 6.07) is 12.9. The third-order valence-corrected chi connectivity index (χ3v) is 4.31. The lowest BCUT2D eigenvalue weighted by atomic mass is 10.1. The highest BCUT2D eigenvalue weighted by Gasteiger charge is 2.11. The van der Waals surface area contributed by atoms with Gasteiger partial charge in [0.1, 0.15) is 5.82 Å². The average Bonchev–Trinajstić information content (AvgIpc) is 2.47. The quantitative estimate of drug-likeness (QED) is 0.817. The molecule has 0 unspecified atom stereocenters. The van der Waals surface area contributed by atoms with Gasteiger partial charge in [0.25, 0.3) is 0 Å². The Kier molecular flexibility index (Phi) is 5.65. The number of halogens is 1. The molecule has 0 atom stereocenters. The lowest BCUT2D eigenvalue weighted by Crippen LogP contribution is -2.19. The highest BCUT2D eigenvalue weighted by molar-refractivity contribution is 7.99. The molecular weight excluding hydrogens is 283 g/mol. The molecule has 0 saturated heterocycles. The minimum Gasteiger partial charge on any atom is -0.370 e. The summed E-state index contributed by atoms with van der Waals surface area (Å²) in [6.07, 6.45) is 0. The second kappa shape index (κ2) is 7.48. The maximum Gasteiger partial charge on any atom is 0.123 e. The fourth-order valence-electron chi connectivity index (χ4n) is 2.40. The van der Waals surface area contributed by atoms with Gasteiger partial charge in [0, 0.05) is 36.3 Å². The standard InChI is InChI=1S/C17H21FN2S/c1-3-21-17-9-5-8-16(15(17)11-19)20(2)12-13-6-4-7-14(18)10-13/h4-10H,3,11-12,19H2,1-2H3. The Balaban J connectivity index is 2.26. The summed E-state index contributed by atoms with van der Waals surface area (Å²) in [7, 11) is 2.01. The third kappa shape index (κ3) is 3.99. The van der Waals surface area contributed by atoms with E-state index in [0.29, 0.717) is 13.1 Å². The molecule has 0 radical (unpaired) electrons. The average molecular weight is 304 g/mol. The summed E-state index contributed by atoms with van der Waals surface area (Å²) < 4.78 is 13.3. The minimum absolute atomic E-state index is 0.199. The number of hydrogen-bond donors (Lipinski definition) is 1. The van der Waals surface area contributed by atoms with Crippen LogP contribution >= 0.6 is 11.8 Å². The van der Waals surface area contributed by atoms with Crippen LogP contribution in [0.1, 0.15) is 18.1 Å². The summed E-state index contributed by atoms with van der Waals surface area (Å²) >= 11 is 1.80. The first-order valence-corrected chi connectivity index (χ1v) is 8.04. The van der Waals surface area contributed by atoms with Gasteiger partial charge in [-0.25, -0.2) is 4.39 Å². The Morgan fingerprint density at radius 1 is 1.19 bits per heavy atom. The van der Waals surface area contributed by atoms with Crippen LogP contribution in [-0.4, -0.2) is 12.8 Å². The van der Waals surface area contributed by atoms with Crippen LogP contribution in [0, 0.1) is 5.82 Å². The van der Waals surface area contributed by atoms with E-state index in [0.717, 1.165) is 22.6 Å². The van der Waals surface area contributed by atoms with Gasteiger partial charge in [0.15, 0.2) is 0 Å². The monoisotopic (exact) mass is 304 g/mol. The molecule has 0 fully saturated rings. The van der Waals surface area contributed by atoms with Crippen molar-refractivity contribution in [1.29, 1.82) is 0 Å². The Bertz CT molecular complexity index is 601. The molecule has 112 valence electrons. The van der Waals surface area contributed by atoms with Gasteiger partial charge >= 0.3 is 0 Å². The van der Waals surface area contributed by atoms with E-state index in [9.17, 15) is 4.39 Å². The summed E-state index contributed by atoms with van der Waals surface area (Å²) in [6.45, 7) is 3.30. The van der Waals surface area contributed by atoms with Crippen LogP contribution in [0.15, 0.2) is 47.4 Å². The Hall–Kier alpha value is -1.52. The SMILES string of the molecule is CCSc1cccc(N(C)Cc2cccc(F)c2)c1CN. The van der Waals surface area contributed by atoms with Gasteiger partial charge in [0.05, 0.1) is 0 Å². The van der Waals surface area contributed by atoms with E-state index in [1.807, 2.05) is 13.1 Å². The predicted molar refractivity (Wildman–Crippen MR) is 89.2 cm³/mol. The number of hydrogen-bond acceptors (Lipinski definition) is 3. The molecule has 2 rings (SSSR count). The van der Waals surface area contributed by atoms with Gasteiger partial charge in [-0.05, 0) is 35.6 Å². The van der Waals surface area contributed by atoms with E-state index >= 15 is 0 Å². The van der Waals surface area contributed by atoms with Crippen LogP contribution in [0.5, 0.6) is 0 Å². The number of thioether (sulfide) groups is 1. The molecular formula is C17H21FN2S. The van der Waals surface area contributed by atoms with Gasteiger partial charge in [-0.1, -0.05) is 25.1 Å². The number of rotatable bonds is 6. The van der Waals surface area contributed by atoms with Crippen molar-refractivity contribution in [3.05, 3.63) is 59.4 Å². The zero-order chi connectivity index (χ0) is 15.2. The normalized spacial score (nSPS) is 10.7. The molecule has 2 aromatic rings. The van der Waals surface area contributed by atoms with Crippen LogP contribution in [0.4, 0.5) is 10.1 Å². The molecule has 4 heteroatoms. The summed E-state index contributed by atoms with van der Waals surface area (Å²) in [5.74, 6) is 0.819. The Morgan fingerprint density at radius 3 is 2.62 bits per heavy atom. The molecule has 0 aliphatic carbocycles. The Morgan fingerprint density at radius 2 is 1.95 bits per heavy atom. The molecule has 0 amide bonds. The molecule has 2 N–H and O–H groups in total. The number of nitrogens with two attached hydrogens (primary N) is 1. The molecule has 21 heavy (non-hydrogen) atoms. The van der Waals surface area contributed by atoms with Crippen molar-refractivity contribution in [1.82, 2.24) is 0 Å². The summed E-state index contributed by atoms with van der Waals surface area (Å²) in [5.41, 5.74) is 9.16. The summed E-state index contributed by atoms with van der Waals surface area (Å²) in [5, 5.41) is 0. The molecule has 0 heterocycles. The van der Waals surface area contributed by atoms with Crippen molar-refractivity contribution in [2.24, 2.45) is 5.73 Å². The highest BCUT2D eigenvalue weighted by atomic mass is 32.2. The van der Waals surface area contributed by atoms with Crippen LogP contribution < -0.4 is 10.6 Å². The molecule has 0 spiro atoms. The van der Waals surface area contributed by atoms with Crippen LogP contribution in [0.3, 0.4) is 0 Å². The number of benzene rings is 2. The maximum absolute atomic E-state index is 13.3. The van der Waals surface area contributed by atoms with Crippen molar-refractivity contribution >= 4 is 17.4 Å². The van der Waals surface area contributed by atoms with Crippen LogP contribution in [-0.2, 0) is 13.1 Å². The van der Waals surface area contributed by atoms with Gasteiger partial charge in [-0.15, -0.1) is 11.8 Å². The number of anilines is 1. The molecule has 2 nitrogen and oxygen atoms in total. The maximum atomic E-state index is 13.3. The Labute approximate surface area is 130 Å². The fourth-order valence-corrected chi connectivity index (χ4v) is 3.25. The predicted octanol–water partition coefficient (Wildman–Crippen LogP) is 4.03. The largest absolute Gasteiger partial charge is 0.370 e.